The molecular formula is C38H24FN5. The Kier molecular flexibility index (Phi) is 6.79. The van der Waals surface area contributed by atoms with Gasteiger partial charge < -0.3 is 9.55 Å². The number of halogens is 1. The van der Waals surface area contributed by atoms with Gasteiger partial charge >= 0.3 is 0 Å². The smallest absolute Gasteiger partial charge is 0.140 e. The molecule has 0 unspecified atom stereocenters. The van der Waals surface area contributed by atoms with Crippen LogP contribution in [0.5, 0.6) is 0 Å². The molecule has 0 aliphatic carbocycles. The molecule has 0 atom stereocenters. The van der Waals surface area contributed by atoms with Crippen molar-refractivity contribution in [1.82, 2.24) is 14.5 Å². The Morgan fingerprint density at radius 3 is 2.18 bits per heavy atom. The second kappa shape index (κ2) is 11.2. The summed E-state index contributed by atoms with van der Waals surface area (Å²) in [5, 5.41) is 20.5. The van der Waals surface area contributed by atoms with Crippen molar-refractivity contribution >= 4 is 27.5 Å². The minimum absolute atomic E-state index is 0.0487. The zero-order chi connectivity index (χ0) is 30.0. The van der Waals surface area contributed by atoms with E-state index in [1.54, 1.807) is 12.1 Å². The number of hydrogen-bond acceptors (Lipinski definition) is 3. The third-order valence-electron chi connectivity index (χ3n) is 7.82. The van der Waals surface area contributed by atoms with Crippen LogP contribution in [0, 0.1) is 28.5 Å². The zero-order valence-corrected chi connectivity index (χ0v) is 23.5. The van der Waals surface area contributed by atoms with Gasteiger partial charge in [0.05, 0.1) is 11.0 Å². The first kappa shape index (κ1) is 26.6. The van der Waals surface area contributed by atoms with Crippen LogP contribution in [0.25, 0.3) is 50.0 Å². The summed E-state index contributed by atoms with van der Waals surface area (Å²) in [6.07, 6.45) is 2.11. The Labute approximate surface area is 253 Å². The summed E-state index contributed by atoms with van der Waals surface area (Å²) < 4.78 is 15.9. The Bertz CT molecular complexity index is 2250. The molecule has 0 saturated carbocycles. The van der Waals surface area contributed by atoms with Gasteiger partial charge in [0, 0.05) is 34.8 Å². The molecule has 0 amide bonds. The fourth-order valence-corrected chi connectivity index (χ4v) is 5.71. The molecule has 2 aromatic heterocycles. The number of allylic oxidation sites excluding steroid dienone is 1. The number of nitrogens with one attached hydrogen (secondary N) is 1. The van der Waals surface area contributed by atoms with Gasteiger partial charge in [0.2, 0.25) is 0 Å². The number of aromatic nitrogens is 3. The summed E-state index contributed by atoms with van der Waals surface area (Å²) in [5.74, 6) is 0.435. The number of rotatable bonds is 6. The maximum Gasteiger partial charge on any atom is 0.140 e. The highest BCUT2D eigenvalue weighted by Crippen LogP contribution is 2.35. The lowest BCUT2D eigenvalue weighted by Gasteiger charge is -2.08. The van der Waals surface area contributed by atoms with Crippen molar-refractivity contribution in [2.75, 3.05) is 0 Å². The van der Waals surface area contributed by atoms with Crippen molar-refractivity contribution in [3.63, 3.8) is 0 Å². The van der Waals surface area contributed by atoms with Crippen molar-refractivity contribution in [2.45, 2.75) is 6.54 Å². The largest absolute Gasteiger partial charge is 0.342 e. The summed E-state index contributed by atoms with van der Waals surface area (Å²) >= 11 is 0. The van der Waals surface area contributed by atoms with Crippen molar-refractivity contribution in [2.24, 2.45) is 0 Å². The molecule has 1 N–H and O–H groups in total. The third kappa shape index (κ3) is 4.91. The van der Waals surface area contributed by atoms with Gasteiger partial charge in [-0.3, -0.25) is 0 Å². The van der Waals surface area contributed by atoms with E-state index >= 15 is 0 Å². The van der Waals surface area contributed by atoms with Gasteiger partial charge in [-0.15, -0.1) is 0 Å². The lowest BCUT2D eigenvalue weighted by atomic mass is 9.93. The fraction of sp³-hybridized carbons (Fsp3) is 0.0263. The van der Waals surface area contributed by atoms with Crippen LogP contribution in [0.15, 0.2) is 133 Å². The zero-order valence-electron chi connectivity index (χ0n) is 23.5. The van der Waals surface area contributed by atoms with Crippen LogP contribution in [-0.2, 0) is 6.54 Å². The summed E-state index contributed by atoms with van der Waals surface area (Å²) in [4.78, 5) is 8.47. The predicted octanol–water partition coefficient (Wildman–Crippen LogP) is 8.89. The van der Waals surface area contributed by atoms with Crippen LogP contribution in [0.1, 0.15) is 16.7 Å². The average molecular weight is 570 g/mol. The van der Waals surface area contributed by atoms with Crippen LogP contribution in [-0.4, -0.2) is 14.5 Å². The number of fused-ring (bicyclic) bond motifs is 2. The Morgan fingerprint density at radius 1 is 0.750 bits per heavy atom. The van der Waals surface area contributed by atoms with E-state index < -0.39 is 0 Å². The minimum Gasteiger partial charge on any atom is -0.342 e. The van der Waals surface area contributed by atoms with Gasteiger partial charge in [0.1, 0.15) is 29.4 Å². The topological polar surface area (TPSA) is 81.2 Å². The molecule has 0 fully saturated rings. The SMILES string of the molecule is N#CC(C#N)=C(c1ccccc1)c1ccc2nc(-c3cn(Cc4ccccc4)c4ccc(-c5ccc(F)cc5)cc34)[nH]c2c1. The van der Waals surface area contributed by atoms with Crippen molar-refractivity contribution in [3.8, 4) is 34.7 Å². The van der Waals surface area contributed by atoms with Crippen molar-refractivity contribution in [3.05, 3.63) is 156 Å². The number of nitrogens with zero attached hydrogens (tertiary/aromatic N) is 4. The second-order valence-electron chi connectivity index (χ2n) is 10.6. The molecule has 0 spiro atoms. The number of nitriles is 2. The first-order valence-electron chi connectivity index (χ1n) is 14.1. The lowest BCUT2D eigenvalue weighted by molar-refractivity contribution is 0.628. The molecule has 7 aromatic rings. The summed E-state index contributed by atoms with van der Waals surface area (Å²) in [6, 6.07) is 42.4. The summed E-state index contributed by atoms with van der Waals surface area (Å²) in [5.41, 5.74) is 8.81. The van der Waals surface area contributed by atoms with Gasteiger partial charge in [-0.05, 0) is 64.2 Å². The van der Waals surface area contributed by atoms with E-state index in [1.807, 2.05) is 66.7 Å². The predicted molar refractivity (Wildman–Crippen MR) is 172 cm³/mol. The van der Waals surface area contributed by atoms with Crippen molar-refractivity contribution in [1.29, 1.82) is 10.5 Å². The molecule has 44 heavy (non-hydrogen) atoms. The monoisotopic (exact) mass is 569 g/mol. The normalized spacial score (nSPS) is 10.9. The van der Waals surface area contributed by atoms with Gasteiger partial charge in [-0.2, -0.15) is 10.5 Å². The molecule has 5 nitrogen and oxygen atoms in total. The quantitative estimate of drug-likeness (QED) is 0.203. The standard InChI is InChI=1S/C38H24FN5/c39-31-15-11-26(12-16-31)28-14-18-36-32(19-28)33(24-44(36)23-25-7-3-1-4-8-25)38-42-34-17-13-29(20-35(34)43-38)37(30(21-40)22-41)27-9-5-2-6-10-27/h1-20,24H,23H2,(H,42,43). The van der Waals surface area contributed by atoms with E-state index in [2.05, 4.69) is 58.2 Å². The Hall–Kier alpha value is -6.24. The molecule has 7 rings (SSSR count). The molecule has 0 aliphatic rings. The Morgan fingerprint density at radius 2 is 1.45 bits per heavy atom. The molecule has 0 radical (unpaired) electrons. The highest BCUT2D eigenvalue weighted by atomic mass is 19.1. The van der Waals surface area contributed by atoms with E-state index in [9.17, 15) is 14.9 Å². The van der Waals surface area contributed by atoms with Gasteiger partial charge in [0.15, 0.2) is 0 Å². The third-order valence-corrected chi connectivity index (χ3v) is 7.82. The number of benzene rings is 5. The van der Waals surface area contributed by atoms with Crippen LogP contribution < -0.4 is 0 Å². The minimum atomic E-state index is -0.270. The van der Waals surface area contributed by atoms with E-state index in [-0.39, 0.29) is 11.4 Å². The van der Waals surface area contributed by atoms with Gasteiger partial charge in [-0.25, -0.2) is 9.37 Å². The first-order chi connectivity index (χ1) is 21.6. The number of aromatic amines is 1. The van der Waals surface area contributed by atoms with Crippen LogP contribution in [0.4, 0.5) is 4.39 Å². The molecule has 5 aromatic carbocycles. The van der Waals surface area contributed by atoms with Crippen LogP contribution in [0.2, 0.25) is 0 Å². The first-order valence-corrected chi connectivity index (χ1v) is 14.1. The van der Waals surface area contributed by atoms with Gasteiger partial charge in [-0.1, -0.05) is 84.9 Å². The van der Waals surface area contributed by atoms with E-state index in [4.69, 9.17) is 4.98 Å². The second-order valence-corrected chi connectivity index (χ2v) is 10.6. The highest BCUT2D eigenvalue weighted by molar-refractivity contribution is 5.99. The van der Waals surface area contributed by atoms with Crippen LogP contribution >= 0.6 is 0 Å². The highest BCUT2D eigenvalue weighted by Gasteiger charge is 2.17. The van der Waals surface area contributed by atoms with E-state index in [0.717, 1.165) is 49.8 Å². The number of H-pyrrole nitrogens is 1. The maximum absolute atomic E-state index is 13.7. The molecule has 0 aliphatic heterocycles. The van der Waals surface area contributed by atoms with E-state index in [0.29, 0.717) is 17.9 Å². The summed E-state index contributed by atoms with van der Waals surface area (Å²) in [7, 11) is 0. The van der Waals surface area contributed by atoms with Crippen molar-refractivity contribution < 1.29 is 4.39 Å². The molecule has 0 saturated heterocycles. The molecule has 208 valence electrons. The average Bonchev–Trinajstić information content (AvgIpc) is 3.65. The van der Waals surface area contributed by atoms with Gasteiger partial charge in [0.25, 0.3) is 0 Å². The molecule has 2 heterocycles. The molecular weight excluding hydrogens is 545 g/mol. The lowest BCUT2D eigenvalue weighted by Crippen LogP contribution is -1.97. The number of hydrogen-bond donors (Lipinski definition) is 1. The maximum atomic E-state index is 13.7. The number of imidazole rings is 1. The van der Waals surface area contributed by atoms with E-state index in [1.165, 1.54) is 17.7 Å². The molecule has 6 heteroatoms. The Balaban J connectivity index is 1.38. The fourth-order valence-electron chi connectivity index (χ4n) is 5.71. The summed E-state index contributed by atoms with van der Waals surface area (Å²) in [6.45, 7) is 0.688. The van der Waals surface area contributed by atoms with Crippen LogP contribution in [0.3, 0.4) is 0 Å². The molecule has 0 bridgehead atoms.